The lowest BCUT2D eigenvalue weighted by Gasteiger charge is -2.09. The standard InChI is InChI=1S/C21H20N2O5/c1-15(24)22-18(12-16-8-4-2-5-9-16)21(27)28-14-20(26)23-19(25)13-17-10-6-3-7-11-17/h2-12H,13-14H2,1H3,(H,22,24)(H,23,25,26)/b18-12-. The van der Waals surface area contributed by atoms with E-state index in [4.69, 9.17) is 4.74 Å². The number of imide groups is 1. The zero-order valence-corrected chi connectivity index (χ0v) is 15.3. The lowest BCUT2D eigenvalue weighted by molar-refractivity contribution is -0.146. The molecule has 3 amide bonds. The number of carbonyl (C=O) groups is 4. The largest absolute Gasteiger partial charge is 0.451 e. The number of ether oxygens (including phenoxy) is 1. The number of hydrogen-bond acceptors (Lipinski definition) is 5. The molecule has 0 fully saturated rings. The predicted molar refractivity (Wildman–Crippen MR) is 102 cm³/mol. The average molecular weight is 380 g/mol. The van der Waals surface area contributed by atoms with Gasteiger partial charge in [0.1, 0.15) is 5.70 Å². The lowest BCUT2D eigenvalue weighted by Crippen LogP contribution is -2.36. The first-order valence-electron chi connectivity index (χ1n) is 8.52. The molecule has 2 aromatic carbocycles. The molecule has 0 saturated carbocycles. The Morgan fingerprint density at radius 1 is 0.857 bits per heavy atom. The number of hydrogen-bond donors (Lipinski definition) is 2. The fourth-order valence-electron chi connectivity index (χ4n) is 2.28. The van der Waals surface area contributed by atoms with E-state index in [-0.39, 0.29) is 12.1 Å². The van der Waals surface area contributed by atoms with Gasteiger partial charge in [-0.15, -0.1) is 0 Å². The van der Waals surface area contributed by atoms with E-state index in [2.05, 4.69) is 10.6 Å². The highest BCUT2D eigenvalue weighted by Gasteiger charge is 2.16. The van der Waals surface area contributed by atoms with E-state index in [9.17, 15) is 19.2 Å². The smallest absolute Gasteiger partial charge is 0.355 e. The zero-order chi connectivity index (χ0) is 20.4. The second kappa shape index (κ2) is 10.4. The van der Waals surface area contributed by atoms with Gasteiger partial charge in [-0.3, -0.25) is 19.7 Å². The Morgan fingerprint density at radius 3 is 2.07 bits per heavy atom. The topological polar surface area (TPSA) is 102 Å². The normalized spacial score (nSPS) is 10.7. The third-order valence-electron chi connectivity index (χ3n) is 3.46. The summed E-state index contributed by atoms with van der Waals surface area (Å²) in [5, 5.41) is 4.53. The molecule has 7 heteroatoms. The van der Waals surface area contributed by atoms with Gasteiger partial charge in [0, 0.05) is 6.92 Å². The molecule has 0 saturated heterocycles. The van der Waals surface area contributed by atoms with Crippen LogP contribution in [0.15, 0.2) is 66.4 Å². The number of amides is 3. The molecule has 0 aliphatic heterocycles. The summed E-state index contributed by atoms with van der Waals surface area (Å²) < 4.78 is 4.90. The fraction of sp³-hybridized carbons (Fsp3) is 0.143. The van der Waals surface area contributed by atoms with Crippen LogP contribution in [-0.2, 0) is 30.3 Å². The van der Waals surface area contributed by atoms with Crippen LogP contribution in [0.1, 0.15) is 18.1 Å². The van der Waals surface area contributed by atoms with Crippen LogP contribution in [0.2, 0.25) is 0 Å². The Kier molecular flexibility index (Phi) is 7.65. The van der Waals surface area contributed by atoms with Crippen molar-refractivity contribution in [3.05, 3.63) is 77.5 Å². The quantitative estimate of drug-likeness (QED) is 0.561. The molecule has 0 heterocycles. The predicted octanol–water partition coefficient (Wildman–Crippen LogP) is 1.59. The van der Waals surface area contributed by atoms with Gasteiger partial charge >= 0.3 is 5.97 Å². The van der Waals surface area contributed by atoms with Gasteiger partial charge in [-0.25, -0.2) is 4.79 Å². The molecule has 0 atom stereocenters. The minimum Gasteiger partial charge on any atom is -0.451 e. The Bertz CT molecular complexity index is 876. The summed E-state index contributed by atoms with van der Waals surface area (Å²) >= 11 is 0. The van der Waals surface area contributed by atoms with Crippen molar-refractivity contribution in [2.24, 2.45) is 0 Å². The van der Waals surface area contributed by atoms with E-state index in [1.807, 2.05) is 12.1 Å². The minimum atomic E-state index is -0.885. The van der Waals surface area contributed by atoms with Crippen LogP contribution in [0.5, 0.6) is 0 Å². The Balaban J connectivity index is 1.90. The molecule has 28 heavy (non-hydrogen) atoms. The first-order valence-corrected chi connectivity index (χ1v) is 8.52. The van der Waals surface area contributed by atoms with Gasteiger partial charge in [-0.1, -0.05) is 60.7 Å². The highest BCUT2D eigenvalue weighted by atomic mass is 16.5. The van der Waals surface area contributed by atoms with E-state index in [0.717, 1.165) is 5.56 Å². The van der Waals surface area contributed by atoms with Gasteiger partial charge in [-0.2, -0.15) is 0 Å². The van der Waals surface area contributed by atoms with Crippen molar-refractivity contribution in [2.45, 2.75) is 13.3 Å². The van der Waals surface area contributed by atoms with Crippen LogP contribution in [0.25, 0.3) is 6.08 Å². The minimum absolute atomic E-state index is 0.0333. The summed E-state index contributed by atoms with van der Waals surface area (Å²) in [5.41, 5.74) is 1.32. The van der Waals surface area contributed by atoms with Gasteiger partial charge in [-0.05, 0) is 17.2 Å². The molecule has 0 aromatic heterocycles. The highest BCUT2D eigenvalue weighted by Crippen LogP contribution is 2.06. The van der Waals surface area contributed by atoms with E-state index >= 15 is 0 Å². The monoisotopic (exact) mass is 380 g/mol. The lowest BCUT2D eigenvalue weighted by atomic mass is 10.1. The molecule has 7 nitrogen and oxygen atoms in total. The molecule has 0 radical (unpaired) electrons. The van der Waals surface area contributed by atoms with Crippen LogP contribution in [0, 0.1) is 0 Å². The third kappa shape index (κ3) is 7.25. The average Bonchev–Trinajstić information content (AvgIpc) is 2.66. The van der Waals surface area contributed by atoms with Gasteiger partial charge < -0.3 is 10.1 Å². The summed E-state index contributed by atoms with van der Waals surface area (Å²) in [6.45, 7) is 0.603. The van der Waals surface area contributed by atoms with E-state index < -0.39 is 30.3 Å². The molecule has 2 N–H and O–H groups in total. The molecule has 2 rings (SSSR count). The highest BCUT2D eigenvalue weighted by molar-refractivity contribution is 6.00. The fourth-order valence-corrected chi connectivity index (χ4v) is 2.28. The molecule has 144 valence electrons. The number of esters is 1. The van der Waals surface area contributed by atoms with Crippen LogP contribution >= 0.6 is 0 Å². The van der Waals surface area contributed by atoms with Crippen LogP contribution in [0.3, 0.4) is 0 Å². The van der Waals surface area contributed by atoms with Gasteiger partial charge in [0.25, 0.3) is 5.91 Å². The van der Waals surface area contributed by atoms with Crippen LogP contribution < -0.4 is 10.6 Å². The number of nitrogens with one attached hydrogen (secondary N) is 2. The zero-order valence-electron chi connectivity index (χ0n) is 15.3. The number of carbonyl (C=O) groups excluding carboxylic acids is 4. The third-order valence-corrected chi connectivity index (χ3v) is 3.46. The van der Waals surface area contributed by atoms with Crippen molar-refractivity contribution in [1.29, 1.82) is 0 Å². The van der Waals surface area contributed by atoms with Gasteiger partial charge in [0.15, 0.2) is 6.61 Å². The van der Waals surface area contributed by atoms with Crippen LogP contribution in [0.4, 0.5) is 0 Å². The van der Waals surface area contributed by atoms with Gasteiger partial charge in [0.2, 0.25) is 11.8 Å². The number of benzene rings is 2. The maximum atomic E-state index is 12.2. The molecule has 0 unspecified atom stereocenters. The van der Waals surface area contributed by atoms with Crippen molar-refractivity contribution < 1.29 is 23.9 Å². The van der Waals surface area contributed by atoms with Crippen molar-refractivity contribution in [1.82, 2.24) is 10.6 Å². The Morgan fingerprint density at radius 2 is 1.46 bits per heavy atom. The summed E-state index contributed by atoms with van der Waals surface area (Å²) in [4.78, 5) is 47.2. The summed E-state index contributed by atoms with van der Waals surface area (Å²) in [5.74, 6) is -2.60. The molecule has 0 bridgehead atoms. The first-order chi connectivity index (χ1) is 13.4. The van der Waals surface area contributed by atoms with Crippen molar-refractivity contribution in [3.63, 3.8) is 0 Å². The second-order valence-electron chi connectivity index (χ2n) is 5.86. The van der Waals surface area contributed by atoms with Crippen molar-refractivity contribution in [2.75, 3.05) is 6.61 Å². The van der Waals surface area contributed by atoms with E-state index in [0.29, 0.717) is 5.56 Å². The Labute approximate surface area is 162 Å². The molecule has 0 aliphatic rings. The number of rotatable bonds is 7. The van der Waals surface area contributed by atoms with Crippen molar-refractivity contribution in [3.8, 4) is 0 Å². The maximum absolute atomic E-state index is 12.2. The molecule has 0 aliphatic carbocycles. The second-order valence-corrected chi connectivity index (χ2v) is 5.86. The summed E-state index contributed by atoms with van der Waals surface area (Å²) in [6, 6.07) is 17.8. The maximum Gasteiger partial charge on any atom is 0.355 e. The van der Waals surface area contributed by atoms with Crippen LogP contribution in [-0.4, -0.2) is 30.3 Å². The molecular formula is C21H20N2O5. The van der Waals surface area contributed by atoms with E-state index in [1.54, 1.807) is 48.5 Å². The molecule has 2 aromatic rings. The van der Waals surface area contributed by atoms with Gasteiger partial charge in [0.05, 0.1) is 6.42 Å². The molecule has 0 spiro atoms. The summed E-state index contributed by atoms with van der Waals surface area (Å²) in [7, 11) is 0. The SMILES string of the molecule is CC(=O)N/C(=C\c1ccccc1)C(=O)OCC(=O)NC(=O)Cc1ccccc1. The first kappa shape index (κ1) is 20.6. The summed E-state index contributed by atoms with van der Waals surface area (Å²) in [6.07, 6.45) is 1.47. The van der Waals surface area contributed by atoms with Crippen molar-refractivity contribution >= 4 is 29.8 Å². The molecular weight excluding hydrogens is 360 g/mol. The van der Waals surface area contributed by atoms with E-state index in [1.165, 1.54) is 13.0 Å². The Hall–Kier alpha value is -3.74.